The molecule has 1 fully saturated rings. The number of ether oxygens (including phenoxy) is 2. The second-order valence-electron chi connectivity index (χ2n) is 5.70. The van der Waals surface area contributed by atoms with Crippen LogP contribution in [0.5, 0.6) is 0 Å². The largest absolute Gasteiger partial charge is 0.465 e. The summed E-state index contributed by atoms with van der Waals surface area (Å²) in [6, 6.07) is 7.77. The summed E-state index contributed by atoms with van der Waals surface area (Å²) < 4.78 is 10.8. The predicted octanol–water partition coefficient (Wildman–Crippen LogP) is 1.84. The molecule has 1 aromatic rings. The fourth-order valence-electron chi connectivity index (χ4n) is 2.55. The van der Waals surface area contributed by atoms with E-state index in [2.05, 4.69) is 15.2 Å². The molecule has 0 aliphatic carbocycles. The van der Waals surface area contributed by atoms with Crippen LogP contribution >= 0.6 is 0 Å². The molecule has 2 rings (SSSR count). The van der Waals surface area contributed by atoms with Crippen LogP contribution in [0.1, 0.15) is 29.3 Å². The van der Waals surface area contributed by atoms with Crippen molar-refractivity contribution in [2.24, 2.45) is 4.99 Å². The van der Waals surface area contributed by atoms with Crippen LogP contribution in [0.3, 0.4) is 0 Å². The SMILES string of the molecule is CCOC(=NCCCN1CCOCC1)NC(=O)c1ccccc1C. The second-order valence-corrected chi connectivity index (χ2v) is 5.70. The third-order valence-electron chi connectivity index (χ3n) is 3.88. The van der Waals surface area contributed by atoms with Gasteiger partial charge in [0.15, 0.2) is 0 Å². The Morgan fingerprint density at radius 3 is 2.79 bits per heavy atom. The normalized spacial score (nSPS) is 16.0. The van der Waals surface area contributed by atoms with Gasteiger partial charge in [-0.3, -0.25) is 15.0 Å². The van der Waals surface area contributed by atoms with Crippen LogP contribution in [0, 0.1) is 6.92 Å². The monoisotopic (exact) mass is 333 g/mol. The zero-order valence-corrected chi connectivity index (χ0v) is 14.6. The number of amides is 1. The Morgan fingerprint density at radius 1 is 1.33 bits per heavy atom. The molecule has 6 nitrogen and oxygen atoms in total. The summed E-state index contributed by atoms with van der Waals surface area (Å²) in [5.41, 5.74) is 1.57. The van der Waals surface area contributed by atoms with Crippen LogP contribution in [0.15, 0.2) is 29.3 Å². The lowest BCUT2D eigenvalue weighted by Crippen LogP contribution is -2.37. The Morgan fingerprint density at radius 2 is 2.08 bits per heavy atom. The number of hydrogen-bond donors (Lipinski definition) is 1. The molecule has 1 aliphatic rings. The van der Waals surface area contributed by atoms with Crippen LogP contribution in [0.2, 0.25) is 0 Å². The molecule has 1 saturated heterocycles. The third kappa shape index (κ3) is 5.94. The van der Waals surface area contributed by atoms with E-state index in [0.29, 0.717) is 24.7 Å². The lowest BCUT2D eigenvalue weighted by molar-refractivity contribution is 0.0377. The fraction of sp³-hybridized carbons (Fsp3) is 0.556. The Bertz CT molecular complexity index is 554. The molecule has 0 radical (unpaired) electrons. The van der Waals surface area contributed by atoms with Crippen LogP contribution in [0.25, 0.3) is 0 Å². The number of rotatable bonds is 6. The number of carbonyl (C=O) groups excluding carboxylic acids is 1. The lowest BCUT2D eigenvalue weighted by Gasteiger charge is -2.26. The van der Waals surface area contributed by atoms with E-state index in [-0.39, 0.29) is 5.91 Å². The fourth-order valence-corrected chi connectivity index (χ4v) is 2.55. The molecule has 1 amide bonds. The molecule has 1 aromatic carbocycles. The van der Waals surface area contributed by atoms with Crippen molar-refractivity contribution < 1.29 is 14.3 Å². The topological polar surface area (TPSA) is 63.2 Å². The number of nitrogens with one attached hydrogen (secondary N) is 1. The van der Waals surface area contributed by atoms with Gasteiger partial charge in [0.25, 0.3) is 11.9 Å². The van der Waals surface area contributed by atoms with E-state index in [9.17, 15) is 4.79 Å². The Kier molecular flexibility index (Phi) is 7.71. The van der Waals surface area contributed by atoms with Crippen LogP contribution in [-0.2, 0) is 9.47 Å². The number of morpholine rings is 1. The van der Waals surface area contributed by atoms with Crippen LogP contribution in [0.4, 0.5) is 0 Å². The summed E-state index contributed by atoms with van der Waals surface area (Å²) in [6.45, 7) is 9.44. The van der Waals surface area contributed by atoms with Crippen molar-refractivity contribution in [3.8, 4) is 0 Å². The Hall–Kier alpha value is -1.92. The van der Waals surface area contributed by atoms with Crippen molar-refractivity contribution in [1.29, 1.82) is 0 Å². The minimum absolute atomic E-state index is 0.187. The number of aryl methyl sites for hydroxylation is 1. The average molecular weight is 333 g/mol. The highest BCUT2D eigenvalue weighted by molar-refractivity contribution is 6.04. The van der Waals surface area contributed by atoms with E-state index in [1.54, 1.807) is 6.07 Å². The van der Waals surface area contributed by atoms with Gasteiger partial charge < -0.3 is 9.47 Å². The van der Waals surface area contributed by atoms with Crippen molar-refractivity contribution >= 4 is 11.9 Å². The number of benzene rings is 1. The Labute approximate surface area is 143 Å². The number of aliphatic imine (C=N–C) groups is 1. The molecule has 1 aliphatic heterocycles. The molecular formula is C18H27N3O3. The minimum atomic E-state index is -0.187. The van der Waals surface area contributed by atoms with Crippen molar-refractivity contribution in [3.05, 3.63) is 35.4 Å². The van der Waals surface area contributed by atoms with E-state index < -0.39 is 0 Å². The first-order valence-corrected chi connectivity index (χ1v) is 8.55. The molecule has 0 bridgehead atoms. The molecule has 24 heavy (non-hydrogen) atoms. The van der Waals surface area contributed by atoms with E-state index >= 15 is 0 Å². The van der Waals surface area contributed by atoms with Gasteiger partial charge in [-0.05, 0) is 31.9 Å². The smallest absolute Gasteiger partial charge is 0.291 e. The summed E-state index contributed by atoms with van der Waals surface area (Å²) in [5, 5.41) is 2.77. The summed E-state index contributed by atoms with van der Waals surface area (Å²) in [4.78, 5) is 19.1. The van der Waals surface area contributed by atoms with Crippen molar-refractivity contribution in [3.63, 3.8) is 0 Å². The number of amidine groups is 1. The highest BCUT2D eigenvalue weighted by atomic mass is 16.5. The highest BCUT2D eigenvalue weighted by Gasteiger charge is 2.12. The standard InChI is InChI=1S/C18H27N3O3/c1-3-24-18(19-9-6-10-21-11-13-23-14-12-21)20-17(22)16-8-5-4-7-15(16)2/h4-5,7-8H,3,6,9-14H2,1-2H3,(H,19,20,22). The predicted molar refractivity (Wildman–Crippen MR) is 94.4 cm³/mol. The van der Waals surface area contributed by atoms with Gasteiger partial charge in [0.05, 0.1) is 19.8 Å². The molecule has 0 aromatic heterocycles. The van der Waals surface area contributed by atoms with Gasteiger partial charge in [-0.1, -0.05) is 18.2 Å². The molecule has 1 heterocycles. The third-order valence-corrected chi connectivity index (χ3v) is 3.88. The lowest BCUT2D eigenvalue weighted by atomic mass is 10.1. The molecule has 6 heteroatoms. The van der Waals surface area contributed by atoms with Gasteiger partial charge in [-0.2, -0.15) is 0 Å². The maximum absolute atomic E-state index is 12.3. The van der Waals surface area contributed by atoms with Crippen LogP contribution < -0.4 is 5.32 Å². The molecule has 1 N–H and O–H groups in total. The number of carbonyl (C=O) groups is 1. The summed E-state index contributed by atoms with van der Waals surface area (Å²) in [5.74, 6) is -0.187. The Balaban J connectivity index is 1.83. The van der Waals surface area contributed by atoms with E-state index in [0.717, 1.165) is 44.8 Å². The quantitative estimate of drug-likeness (QED) is 0.490. The first kappa shape index (κ1) is 18.4. The maximum Gasteiger partial charge on any atom is 0.291 e. The first-order valence-electron chi connectivity index (χ1n) is 8.55. The molecular weight excluding hydrogens is 306 g/mol. The average Bonchev–Trinajstić information content (AvgIpc) is 2.60. The summed E-state index contributed by atoms with van der Waals surface area (Å²) >= 11 is 0. The zero-order valence-electron chi connectivity index (χ0n) is 14.6. The van der Waals surface area contributed by atoms with Gasteiger partial charge in [0.2, 0.25) is 0 Å². The van der Waals surface area contributed by atoms with Crippen molar-refractivity contribution in [2.45, 2.75) is 20.3 Å². The van der Waals surface area contributed by atoms with Crippen molar-refractivity contribution in [2.75, 3.05) is 46.0 Å². The van der Waals surface area contributed by atoms with Crippen LogP contribution in [-0.4, -0.2) is 62.8 Å². The van der Waals surface area contributed by atoms with Gasteiger partial charge >= 0.3 is 0 Å². The summed E-state index contributed by atoms with van der Waals surface area (Å²) in [7, 11) is 0. The van der Waals surface area contributed by atoms with Crippen molar-refractivity contribution in [1.82, 2.24) is 10.2 Å². The summed E-state index contributed by atoms with van der Waals surface area (Å²) in [6.07, 6.45) is 0.927. The molecule has 0 spiro atoms. The van der Waals surface area contributed by atoms with Gasteiger partial charge in [0, 0.05) is 31.7 Å². The van der Waals surface area contributed by atoms with Gasteiger partial charge in [-0.25, -0.2) is 4.99 Å². The van der Waals surface area contributed by atoms with E-state index in [1.807, 2.05) is 32.0 Å². The molecule has 132 valence electrons. The minimum Gasteiger partial charge on any atom is -0.465 e. The zero-order chi connectivity index (χ0) is 17.2. The number of nitrogens with zero attached hydrogens (tertiary/aromatic N) is 2. The second kappa shape index (κ2) is 10.1. The number of hydrogen-bond acceptors (Lipinski definition) is 5. The highest BCUT2D eigenvalue weighted by Crippen LogP contribution is 2.06. The molecule has 0 saturated carbocycles. The maximum atomic E-state index is 12.3. The van der Waals surface area contributed by atoms with E-state index in [1.165, 1.54) is 0 Å². The van der Waals surface area contributed by atoms with E-state index in [4.69, 9.17) is 9.47 Å². The molecule has 0 unspecified atom stereocenters. The molecule has 0 atom stereocenters. The first-order chi connectivity index (χ1) is 11.7. The van der Waals surface area contributed by atoms with Gasteiger partial charge in [-0.15, -0.1) is 0 Å². The van der Waals surface area contributed by atoms with Gasteiger partial charge in [0.1, 0.15) is 0 Å².